The van der Waals surface area contributed by atoms with Crippen molar-refractivity contribution in [3.63, 3.8) is 0 Å². The van der Waals surface area contributed by atoms with E-state index in [9.17, 15) is 14.4 Å². The number of carbonyl (C=O) groups is 3. The zero-order chi connectivity index (χ0) is 42.7. The van der Waals surface area contributed by atoms with Crippen molar-refractivity contribution < 1.29 is 23.9 Å². The highest BCUT2D eigenvalue weighted by molar-refractivity contribution is 8.13. The molecule has 58 heavy (non-hydrogen) atoms. The fourth-order valence-electron chi connectivity index (χ4n) is 7.46. The topological polar surface area (TPSA) is 76.2 Å². The average Bonchev–Trinajstić information content (AvgIpc) is 3.21. The van der Waals surface area contributed by atoms with Crippen molar-refractivity contribution in [2.24, 2.45) is 0 Å². The highest BCUT2D eigenvalue weighted by Crippen LogP contribution is 2.20. The standard InChI is InChI=1S/C50H94N2O5S/c1-7-13-19-23-27-34-46(35-28-24-20-14-8-2)56-48(53)38-31-43-52(50(55)58-45-33-42-51(40-17-11-5)41-18-12-6)44-32-39-49(54)57-47(36-29-25-21-15-9-3)37-30-26-22-16-10-4/h11-12,46-47H,5-10,13-45H2,1-4H3. The zero-order valence-corrected chi connectivity index (χ0v) is 39.5. The molecule has 0 fully saturated rings. The Bertz CT molecular complexity index is 886. The molecule has 0 heterocycles. The fraction of sp³-hybridized carbons (Fsp3) is 0.860. The van der Waals surface area contributed by atoms with Crippen LogP contribution in [0.25, 0.3) is 0 Å². The van der Waals surface area contributed by atoms with Crippen molar-refractivity contribution in [2.75, 3.05) is 38.5 Å². The van der Waals surface area contributed by atoms with Gasteiger partial charge in [0.15, 0.2) is 0 Å². The van der Waals surface area contributed by atoms with E-state index in [0.717, 1.165) is 96.0 Å². The van der Waals surface area contributed by atoms with Gasteiger partial charge in [0, 0.05) is 44.8 Å². The summed E-state index contributed by atoms with van der Waals surface area (Å²) in [4.78, 5) is 44.2. The van der Waals surface area contributed by atoms with Gasteiger partial charge in [-0.2, -0.15) is 0 Å². The molecule has 0 aromatic rings. The maximum Gasteiger partial charge on any atom is 0.306 e. The van der Waals surface area contributed by atoms with Crippen molar-refractivity contribution in [1.29, 1.82) is 0 Å². The minimum atomic E-state index is -0.148. The maximum absolute atomic E-state index is 13.6. The van der Waals surface area contributed by atoms with E-state index in [1.54, 1.807) is 0 Å². The van der Waals surface area contributed by atoms with Crippen molar-refractivity contribution >= 4 is 28.9 Å². The first-order valence-corrected chi connectivity index (χ1v) is 25.6. The molecule has 0 rings (SSSR count). The van der Waals surface area contributed by atoms with E-state index < -0.39 is 0 Å². The minimum absolute atomic E-state index is 0.0101. The average molecular weight is 835 g/mol. The lowest BCUT2D eigenvalue weighted by molar-refractivity contribution is -0.150. The SMILES string of the molecule is C=CCCN(CCC=C)CCCSC(=O)N(CCCC(=O)OC(CCCCCCC)CCCCCCC)CCCC(=O)OC(CCCCCCC)CCCCCCC. The van der Waals surface area contributed by atoms with Crippen molar-refractivity contribution in [1.82, 2.24) is 9.80 Å². The summed E-state index contributed by atoms with van der Waals surface area (Å²) in [5, 5.41) is 0.0273. The molecule has 0 saturated heterocycles. The molecule has 8 heteroatoms. The zero-order valence-electron chi connectivity index (χ0n) is 38.7. The summed E-state index contributed by atoms with van der Waals surface area (Å²) in [7, 11) is 0. The van der Waals surface area contributed by atoms with E-state index in [1.165, 1.54) is 114 Å². The van der Waals surface area contributed by atoms with E-state index in [4.69, 9.17) is 9.47 Å². The second-order valence-electron chi connectivity index (χ2n) is 16.7. The smallest absolute Gasteiger partial charge is 0.306 e. The maximum atomic E-state index is 13.6. The fourth-order valence-corrected chi connectivity index (χ4v) is 8.27. The predicted molar refractivity (Wildman–Crippen MR) is 252 cm³/mol. The van der Waals surface area contributed by atoms with Crippen LogP contribution in [0, 0.1) is 0 Å². The van der Waals surface area contributed by atoms with E-state index in [1.807, 2.05) is 17.1 Å². The number of ether oxygens (including phenoxy) is 2. The molecule has 0 aromatic heterocycles. The number of rotatable bonds is 44. The summed E-state index contributed by atoms with van der Waals surface area (Å²) >= 11 is 1.36. The highest BCUT2D eigenvalue weighted by atomic mass is 32.2. The molecule has 0 N–H and O–H groups in total. The number of carbonyl (C=O) groups excluding carboxylic acids is 3. The van der Waals surface area contributed by atoms with Gasteiger partial charge in [0.2, 0.25) is 0 Å². The van der Waals surface area contributed by atoms with Crippen LogP contribution in [0.3, 0.4) is 0 Å². The molecule has 0 atom stereocenters. The largest absolute Gasteiger partial charge is 0.462 e. The third kappa shape index (κ3) is 36.1. The number of amides is 1. The van der Waals surface area contributed by atoms with Gasteiger partial charge < -0.3 is 19.3 Å². The number of hydrogen-bond acceptors (Lipinski definition) is 7. The van der Waals surface area contributed by atoms with E-state index >= 15 is 0 Å². The van der Waals surface area contributed by atoms with Crippen molar-refractivity contribution in [2.45, 2.75) is 239 Å². The molecular weight excluding hydrogens is 741 g/mol. The number of thioether (sulfide) groups is 1. The lowest BCUT2D eigenvalue weighted by Crippen LogP contribution is -2.32. The van der Waals surface area contributed by atoms with Crippen molar-refractivity contribution in [3.8, 4) is 0 Å². The molecular formula is C50H94N2O5S. The van der Waals surface area contributed by atoms with E-state index in [-0.39, 0.29) is 29.4 Å². The Morgan fingerprint density at radius 3 is 1.19 bits per heavy atom. The molecule has 0 aliphatic carbocycles. The quantitative estimate of drug-likeness (QED) is 0.0344. The molecule has 0 aromatic carbocycles. The van der Waals surface area contributed by atoms with Crippen LogP contribution in [-0.2, 0) is 19.1 Å². The van der Waals surface area contributed by atoms with Gasteiger partial charge in [-0.25, -0.2) is 0 Å². The summed E-state index contributed by atoms with van der Waals surface area (Å²) in [5.41, 5.74) is 0. The van der Waals surface area contributed by atoms with Gasteiger partial charge in [-0.05, 0) is 90.0 Å². The Morgan fingerprint density at radius 2 is 0.845 bits per heavy atom. The number of esters is 2. The van der Waals surface area contributed by atoms with Crippen LogP contribution in [0.4, 0.5) is 4.79 Å². The Balaban J connectivity index is 5.36. The Labute approximate surface area is 364 Å². The van der Waals surface area contributed by atoms with Gasteiger partial charge in [-0.3, -0.25) is 14.4 Å². The molecule has 0 radical (unpaired) electrons. The first-order valence-electron chi connectivity index (χ1n) is 24.6. The van der Waals surface area contributed by atoms with E-state index in [0.29, 0.717) is 38.8 Å². The van der Waals surface area contributed by atoms with Crippen LogP contribution in [0.15, 0.2) is 25.3 Å². The lowest BCUT2D eigenvalue weighted by Gasteiger charge is -2.24. The second-order valence-corrected chi connectivity index (χ2v) is 17.7. The first-order chi connectivity index (χ1) is 28.3. The molecule has 0 saturated carbocycles. The minimum Gasteiger partial charge on any atom is -0.462 e. The third-order valence-electron chi connectivity index (χ3n) is 11.1. The van der Waals surface area contributed by atoms with Crippen LogP contribution in [0.1, 0.15) is 227 Å². The highest BCUT2D eigenvalue weighted by Gasteiger charge is 2.20. The number of hydrogen-bond donors (Lipinski definition) is 0. The molecule has 0 aliphatic rings. The Kier molecular flexibility index (Phi) is 42.0. The van der Waals surface area contributed by atoms with Gasteiger partial charge in [-0.1, -0.05) is 154 Å². The predicted octanol–water partition coefficient (Wildman–Crippen LogP) is 14.8. The van der Waals surface area contributed by atoms with Crippen LogP contribution >= 0.6 is 11.8 Å². The Morgan fingerprint density at radius 1 is 0.483 bits per heavy atom. The van der Waals surface area contributed by atoms with Crippen molar-refractivity contribution in [3.05, 3.63) is 25.3 Å². The summed E-state index contributed by atoms with van der Waals surface area (Å²) in [6.07, 6.45) is 36.3. The molecule has 0 unspecified atom stereocenters. The summed E-state index contributed by atoms with van der Waals surface area (Å²) < 4.78 is 12.2. The van der Waals surface area contributed by atoms with Crippen LogP contribution in [0.2, 0.25) is 0 Å². The van der Waals surface area contributed by atoms with E-state index in [2.05, 4.69) is 45.8 Å². The Hall–Kier alpha value is -1.80. The summed E-state index contributed by atoms with van der Waals surface area (Å²) in [6, 6.07) is 0. The number of unbranched alkanes of at least 4 members (excludes halogenated alkanes) is 16. The normalized spacial score (nSPS) is 11.4. The summed E-state index contributed by atoms with van der Waals surface area (Å²) in [5.74, 6) is 0.435. The lowest BCUT2D eigenvalue weighted by atomic mass is 10.0. The second kappa shape index (κ2) is 43.3. The molecule has 7 nitrogen and oxygen atoms in total. The molecule has 0 spiro atoms. The first kappa shape index (κ1) is 56.2. The van der Waals surface area contributed by atoms with Gasteiger partial charge in [0.25, 0.3) is 5.24 Å². The molecule has 1 amide bonds. The third-order valence-corrected chi connectivity index (χ3v) is 12.1. The van der Waals surface area contributed by atoms with Gasteiger partial charge in [-0.15, -0.1) is 13.2 Å². The van der Waals surface area contributed by atoms with Gasteiger partial charge >= 0.3 is 11.9 Å². The van der Waals surface area contributed by atoms with Crippen LogP contribution < -0.4 is 0 Å². The number of nitrogens with zero attached hydrogens (tertiary/aromatic N) is 2. The van der Waals surface area contributed by atoms with Crippen LogP contribution in [0.5, 0.6) is 0 Å². The van der Waals surface area contributed by atoms with Gasteiger partial charge in [0.1, 0.15) is 12.2 Å². The van der Waals surface area contributed by atoms with Gasteiger partial charge in [0.05, 0.1) is 0 Å². The molecule has 340 valence electrons. The monoisotopic (exact) mass is 835 g/mol. The molecule has 0 aliphatic heterocycles. The van der Waals surface area contributed by atoms with Crippen LogP contribution in [-0.4, -0.2) is 77.7 Å². The summed E-state index contributed by atoms with van der Waals surface area (Å²) in [6.45, 7) is 20.5. The molecule has 0 bridgehead atoms.